The second-order valence-electron chi connectivity index (χ2n) is 4.09. The molecule has 0 saturated heterocycles. The summed E-state index contributed by atoms with van der Waals surface area (Å²) < 4.78 is 41.4. The van der Waals surface area contributed by atoms with Gasteiger partial charge in [0.15, 0.2) is 5.03 Å². The van der Waals surface area contributed by atoms with E-state index in [-0.39, 0.29) is 26.3 Å². The normalized spacial score (nSPS) is 11.4. The van der Waals surface area contributed by atoms with E-state index in [4.69, 9.17) is 29.6 Å². The molecule has 0 radical (unpaired) electrons. The van der Waals surface area contributed by atoms with Crippen molar-refractivity contribution >= 4 is 44.5 Å². The van der Waals surface area contributed by atoms with Crippen molar-refractivity contribution in [3.05, 3.63) is 40.8 Å². The Kier molecular flexibility index (Phi) is 4.17. The standard InChI is InChI=1S/C11H10ClFN4O2S2/c1-17-11(8(12)5-15-17)21(18,19)16-6-2-3-9(13)7(4-6)10(14)20/h2-5,16H,1H3,(H2,14,20). The average molecular weight is 349 g/mol. The molecule has 0 aliphatic carbocycles. The molecule has 112 valence electrons. The Balaban J connectivity index is 2.42. The number of anilines is 1. The molecule has 0 unspecified atom stereocenters. The first kappa shape index (κ1) is 15.7. The lowest BCUT2D eigenvalue weighted by Crippen LogP contribution is -2.18. The minimum atomic E-state index is -3.97. The highest BCUT2D eigenvalue weighted by Crippen LogP contribution is 2.23. The smallest absolute Gasteiger partial charge is 0.280 e. The molecular weight excluding hydrogens is 339 g/mol. The Morgan fingerprint density at radius 2 is 2.19 bits per heavy atom. The number of rotatable bonds is 4. The van der Waals surface area contributed by atoms with E-state index in [0.29, 0.717) is 0 Å². The summed E-state index contributed by atoms with van der Waals surface area (Å²) in [6, 6.07) is 3.52. The second kappa shape index (κ2) is 5.58. The third-order valence-corrected chi connectivity index (χ3v) is 4.69. The third-order valence-electron chi connectivity index (χ3n) is 2.58. The molecular formula is C11H10ClFN4O2S2. The number of thiocarbonyl (C=S) groups is 1. The van der Waals surface area contributed by atoms with Crippen LogP contribution in [0.2, 0.25) is 5.02 Å². The van der Waals surface area contributed by atoms with Gasteiger partial charge in [-0.05, 0) is 18.2 Å². The number of benzene rings is 1. The lowest BCUT2D eigenvalue weighted by molar-refractivity contribution is 0.582. The van der Waals surface area contributed by atoms with E-state index in [1.165, 1.54) is 25.4 Å². The number of sulfonamides is 1. The highest BCUT2D eigenvalue weighted by atomic mass is 35.5. The largest absolute Gasteiger partial charge is 0.389 e. The number of nitrogens with zero attached hydrogens (tertiary/aromatic N) is 2. The van der Waals surface area contributed by atoms with Gasteiger partial charge in [0, 0.05) is 18.3 Å². The van der Waals surface area contributed by atoms with Gasteiger partial charge in [0.2, 0.25) is 0 Å². The van der Waals surface area contributed by atoms with Crippen LogP contribution in [0.15, 0.2) is 29.4 Å². The van der Waals surface area contributed by atoms with Crippen LogP contribution in [0.25, 0.3) is 0 Å². The van der Waals surface area contributed by atoms with Crippen LogP contribution in [0.1, 0.15) is 5.56 Å². The van der Waals surface area contributed by atoms with Gasteiger partial charge >= 0.3 is 0 Å². The van der Waals surface area contributed by atoms with E-state index in [1.54, 1.807) is 0 Å². The maximum Gasteiger partial charge on any atom is 0.280 e. The minimum Gasteiger partial charge on any atom is -0.389 e. The zero-order chi connectivity index (χ0) is 15.8. The molecule has 6 nitrogen and oxygen atoms in total. The van der Waals surface area contributed by atoms with Crippen LogP contribution in [0.4, 0.5) is 10.1 Å². The van der Waals surface area contributed by atoms with Gasteiger partial charge in [0.25, 0.3) is 10.0 Å². The lowest BCUT2D eigenvalue weighted by atomic mass is 10.2. The van der Waals surface area contributed by atoms with Crippen LogP contribution >= 0.6 is 23.8 Å². The molecule has 0 spiro atoms. The fraction of sp³-hybridized carbons (Fsp3) is 0.0909. The molecule has 0 aliphatic rings. The Bertz CT molecular complexity index is 800. The molecule has 0 amide bonds. The lowest BCUT2D eigenvalue weighted by Gasteiger charge is -2.10. The monoisotopic (exact) mass is 348 g/mol. The summed E-state index contributed by atoms with van der Waals surface area (Å²) in [6.45, 7) is 0. The summed E-state index contributed by atoms with van der Waals surface area (Å²) in [5.74, 6) is -0.635. The highest BCUT2D eigenvalue weighted by Gasteiger charge is 2.23. The van der Waals surface area contributed by atoms with Gasteiger partial charge < -0.3 is 5.73 Å². The summed E-state index contributed by atoms with van der Waals surface area (Å²) >= 11 is 10.5. The fourth-order valence-electron chi connectivity index (χ4n) is 1.68. The third kappa shape index (κ3) is 3.14. The highest BCUT2D eigenvalue weighted by molar-refractivity contribution is 7.92. The van der Waals surface area contributed by atoms with Gasteiger partial charge in [-0.1, -0.05) is 23.8 Å². The first-order chi connectivity index (χ1) is 9.72. The topological polar surface area (TPSA) is 90.0 Å². The predicted octanol–water partition coefficient (Wildman–Crippen LogP) is 1.65. The molecule has 0 aliphatic heterocycles. The van der Waals surface area contributed by atoms with Crippen molar-refractivity contribution in [2.24, 2.45) is 12.8 Å². The number of aromatic nitrogens is 2. The molecule has 1 heterocycles. The zero-order valence-electron chi connectivity index (χ0n) is 10.7. The molecule has 2 rings (SSSR count). The molecule has 0 bridgehead atoms. The summed E-state index contributed by atoms with van der Waals surface area (Å²) in [6.07, 6.45) is 1.21. The molecule has 10 heteroatoms. The van der Waals surface area contributed by atoms with Gasteiger partial charge in [-0.2, -0.15) is 13.5 Å². The van der Waals surface area contributed by atoms with Crippen molar-refractivity contribution in [1.82, 2.24) is 9.78 Å². The zero-order valence-corrected chi connectivity index (χ0v) is 13.1. The van der Waals surface area contributed by atoms with E-state index < -0.39 is 15.8 Å². The number of aryl methyl sites for hydroxylation is 1. The first-order valence-electron chi connectivity index (χ1n) is 5.52. The Morgan fingerprint density at radius 1 is 1.52 bits per heavy atom. The summed E-state index contributed by atoms with van der Waals surface area (Å²) in [4.78, 5) is -0.174. The SMILES string of the molecule is Cn1ncc(Cl)c1S(=O)(=O)Nc1ccc(F)c(C(N)=S)c1. The molecule has 2 aromatic rings. The average Bonchev–Trinajstić information content (AvgIpc) is 2.71. The van der Waals surface area contributed by atoms with Gasteiger partial charge in [-0.3, -0.25) is 9.40 Å². The molecule has 0 atom stereocenters. The van der Waals surface area contributed by atoms with Crippen molar-refractivity contribution < 1.29 is 12.8 Å². The van der Waals surface area contributed by atoms with Crippen molar-refractivity contribution in [3.63, 3.8) is 0 Å². The summed E-state index contributed by atoms with van der Waals surface area (Å²) in [5.41, 5.74) is 5.42. The van der Waals surface area contributed by atoms with Gasteiger partial charge in [-0.15, -0.1) is 0 Å². The minimum absolute atomic E-state index is 0.0262. The van der Waals surface area contributed by atoms with E-state index in [0.717, 1.165) is 10.7 Å². The maximum absolute atomic E-state index is 13.5. The molecule has 1 aromatic heterocycles. The molecule has 3 N–H and O–H groups in total. The van der Waals surface area contributed by atoms with E-state index in [1.807, 2.05) is 0 Å². The molecule has 0 fully saturated rings. The first-order valence-corrected chi connectivity index (χ1v) is 7.79. The van der Waals surface area contributed by atoms with E-state index in [9.17, 15) is 12.8 Å². The van der Waals surface area contributed by atoms with Crippen LogP contribution < -0.4 is 10.5 Å². The second-order valence-corrected chi connectivity index (χ2v) is 6.53. The van der Waals surface area contributed by atoms with Crippen molar-refractivity contribution in [3.8, 4) is 0 Å². The molecule has 1 aromatic carbocycles. The van der Waals surface area contributed by atoms with Crippen molar-refractivity contribution in [2.75, 3.05) is 4.72 Å². The number of nitrogens with one attached hydrogen (secondary N) is 1. The number of hydrogen-bond acceptors (Lipinski definition) is 4. The van der Waals surface area contributed by atoms with Gasteiger partial charge in [0.05, 0.1) is 11.2 Å². The Hall–Kier alpha value is -1.71. The van der Waals surface area contributed by atoms with Crippen molar-refractivity contribution in [2.45, 2.75) is 5.03 Å². The summed E-state index contributed by atoms with van der Waals surface area (Å²) in [5, 5.41) is 3.52. The van der Waals surface area contributed by atoms with E-state index >= 15 is 0 Å². The molecule has 21 heavy (non-hydrogen) atoms. The Labute approximate surface area is 130 Å². The van der Waals surface area contributed by atoms with Gasteiger partial charge in [-0.25, -0.2) is 4.39 Å². The van der Waals surface area contributed by atoms with Crippen molar-refractivity contribution in [1.29, 1.82) is 0 Å². The van der Waals surface area contributed by atoms with Gasteiger partial charge in [0.1, 0.15) is 10.8 Å². The van der Waals surface area contributed by atoms with E-state index in [2.05, 4.69) is 9.82 Å². The number of nitrogens with two attached hydrogens (primary N) is 1. The van der Waals surface area contributed by atoms with Crippen LogP contribution in [-0.4, -0.2) is 23.2 Å². The predicted molar refractivity (Wildman–Crippen MR) is 81.3 cm³/mol. The number of hydrogen-bond donors (Lipinski definition) is 2. The molecule has 0 saturated carbocycles. The number of halogens is 2. The van der Waals surface area contributed by atoms with Crippen LogP contribution in [-0.2, 0) is 17.1 Å². The van der Waals surface area contributed by atoms with Crippen LogP contribution in [0.5, 0.6) is 0 Å². The maximum atomic E-state index is 13.5. The summed E-state index contributed by atoms with van der Waals surface area (Å²) in [7, 11) is -2.54. The quantitative estimate of drug-likeness (QED) is 0.820. The van der Waals surface area contributed by atoms with Crippen LogP contribution in [0.3, 0.4) is 0 Å². The van der Waals surface area contributed by atoms with Crippen LogP contribution in [0, 0.1) is 5.82 Å². The Morgan fingerprint density at radius 3 is 2.71 bits per heavy atom. The fourth-order valence-corrected chi connectivity index (χ4v) is 3.55.